The number of ether oxygens (including phenoxy) is 1. The van der Waals surface area contributed by atoms with Gasteiger partial charge in [-0.2, -0.15) is 5.10 Å². The Bertz CT molecular complexity index is 1030. The van der Waals surface area contributed by atoms with Crippen molar-refractivity contribution in [3.8, 4) is 11.5 Å². The fourth-order valence-corrected chi connectivity index (χ4v) is 2.87. The van der Waals surface area contributed by atoms with Gasteiger partial charge in [0.2, 0.25) is 5.91 Å². The second kappa shape index (κ2) is 8.22. The van der Waals surface area contributed by atoms with Gasteiger partial charge in [-0.3, -0.25) is 19.6 Å². The number of non-ortho nitro benzene ring substituents is 1. The molecule has 0 radical (unpaired) electrons. The number of nitro groups is 1. The molecule has 0 unspecified atom stereocenters. The topological polar surface area (TPSA) is 99.3 Å². The highest BCUT2D eigenvalue weighted by Crippen LogP contribution is 2.30. The lowest BCUT2D eigenvalue weighted by atomic mass is 10.2. The van der Waals surface area contributed by atoms with E-state index in [1.807, 2.05) is 32.0 Å². The Morgan fingerprint density at radius 3 is 2.68 bits per heavy atom. The molecule has 0 fully saturated rings. The van der Waals surface area contributed by atoms with Crippen molar-refractivity contribution in [2.75, 3.05) is 5.32 Å². The number of carbonyl (C=O) groups is 1. The van der Waals surface area contributed by atoms with Crippen LogP contribution in [-0.4, -0.2) is 20.6 Å². The summed E-state index contributed by atoms with van der Waals surface area (Å²) in [5, 5.41) is 18.1. The van der Waals surface area contributed by atoms with Crippen LogP contribution in [0.15, 0.2) is 53.1 Å². The number of amides is 1. The fraction of sp³-hybridized carbons (Fsp3) is 0.158. The van der Waals surface area contributed by atoms with Crippen LogP contribution < -0.4 is 10.1 Å². The van der Waals surface area contributed by atoms with Crippen LogP contribution in [0.25, 0.3) is 0 Å². The van der Waals surface area contributed by atoms with Crippen LogP contribution in [0.3, 0.4) is 0 Å². The third kappa shape index (κ3) is 4.95. The van der Waals surface area contributed by atoms with Crippen molar-refractivity contribution in [3.63, 3.8) is 0 Å². The first-order chi connectivity index (χ1) is 13.3. The fourth-order valence-electron chi connectivity index (χ4n) is 2.56. The second-order valence-electron chi connectivity index (χ2n) is 6.20. The Morgan fingerprint density at radius 1 is 1.25 bits per heavy atom. The number of hydrogen-bond acceptors (Lipinski definition) is 5. The van der Waals surface area contributed by atoms with Crippen molar-refractivity contribution in [1.82, 2.24) is 9.78 Å². The molecule has 1 amide bonds. The van der Waals surface area contributed by atoms with Gasteiger partial charge in [0.15, 0.2) is 0 Å². The van der Waals surface area contributed by atoms with Crippen molar-refractivity contribution in [3.05, 3.63) is 74.5 Å². The molecule has 144 valence electrons. The number of carbonyl (C=O) groups excluding carboxylic acids is 1. The lowest BCUT2D eigenvalue weighted by molar-refractivity contribution is -0.384. The minimum Gasteiger partial charge on any atom is -0.457 e. The van der Waals surface area contributed by atoms with Gasteiger partial charge in [-0.1, -0.05) is 12.1 Å². The Morgan fingerprint density at radius 2 is 2.04 bits per heavy atom. The average Bonchev–Trinajstić information content (AvgIpc) is 2.91. The number of hydrogen-bond donors (Lipinski definition) is 1. The van der Waals surface area contributed by atoms with E-state index in [1.54, 1.807) is 12.3 Å². The predicted octanol–water partition coefficient (Wildman–Crippen LogP) is 4.60. The van der Waals surface area contributed by atoms with Crippen LogP contribution in [0.2, 0.25) is 0 Å². The summed E-state index contributed by atoms with van der Waals surface area (Å²) in [6, 6.07) is 11.4. The van der Waals surface area contributed by atoms with Crippen molar-refractivity contribution < 1.29 is 14.5 Å². The van der Waals surface area contributed by atoms with Gasteiger partial charge in [0.25, 0.3) is 5.69 Å². The molecule has 0 bridgehead atoms. The third-order valence-electron chi connectivity index (χ3n) is 3.80. The molecule has 3 aromatic rings. The highest BCUT2D eigenvalue weighted by molar-refractivity contribution is 9.10. The molecule has 8 nitrogen and oxygen atoms in total. The Kier molecular flexibility index (Phi) is 5.74. The number of nitrogens with zero attached hydrogens (tertiary/aromatic N) is 3. The predicted molar refractivity (Wildman–Crippen MR) is 108 cm³/mol. The minimum atomic E-state index is -0.535. The number of anilines is 1. The Labute approximate surface area is 169 Å². The summed E-state index contributed by atoms with van der Waals surface area (Å²) in [6.07, 6.45) is 1.69. The van der Waals surface area contributed by atoms with Gasteiger partial charge in [-0.15, -0.1) is 0 Å². The number of nitro benzene ring substituents is 1. The summed E-state index contributed by atoms with van der Waals surface area (Å²) in [6.45, 7) is 3.71. The van der Waals surface area contributed by atoms with E-state index in [1.165, 1.54) is 22.9 Å². The van der Waals surface area contributed by atoms with Crippen LogP contribution in [-0.2, 0) is 11.3 Å². The molecular weight excluding hydrogens is 428 g/mol. The van der Waals surface area contributed by atoms with E-state index in [9.17, 15) is 14.9 Å². The smallest absolute Gasteiger partial charge is 0.275 e. The standard InChI is InChI=1S/C19H17BrN4O4/c1-12-4-3-5-16(6-12)28-17-8-14(7-15(9-17)24(26)27)21-19(25)11-23-10-18(20)13(2)22-23/h3-10H,11H2,1-2H3,(H,21,25). The van der Waals surface area contributed by atoms with E-state index in [2.05, 4.69) is 26.3 Å². The van der Waals surface area contributed by atoms with Crippen molar-refractivity contribution in [2.24, 2.45) is 0 Å². The Balaban J connectivity index is 1.80. The molecule has 0 spiro atoms. The first kappa shape index (κ1) is 19.6. The number of benzene rings is 2. The molecule has 0 atom stereocenters. The average molecular weight is 445 g/mol. The normalized spacial score (nSPS) is 10.5. The number of rotatable bonds is 6. The van der Waals surface area contributed by atoms with Gasteiger partial charge < -0.3 is 10.1 Å². The molecule has 1 N–H and O–H groups in total. The maximum Gasteiger partial charge on any atom is 0.275 e. The number of aromatic nitrogens is 2. The molecular formula is C19H17BrN4O4. The van der Waals surface area contributed by atoms with Crippen LogP contribution in [0.1, 0.15) is 11.3 Å². The van der Waals surface area contributed by atoms with Gasteiger partial charge >= 0.3 is 0 Å². The van der Waals surface area contributed by atoms with Gasteiger partial charge in [0.05, 0.1) is 26.8 Å². The van der Waals surface area contributed by atoms with E-state index in [0.717, 1.165) is 15.7 Å². The van der Waals surface area contributed by atoms with Crippen molar-refractivity contribution in [2.45, 2.75) is 20.4 Å². The van der Waals surface area contributed by atoms with Crippen LogP contribution >= 0.6 is 15.9 Å². The highest BCUT2D eigenvalue weighted by atomic mass is 79.9. The second-order valence-corrected chi connectivity index (χ2v) is 7.05. The first-order valence-electron chi connectivity index (χ1n) is 8.33. The molecule has 0 aliphatic carbocycles. The van der Waals surface area contributed by atoms with E-state index < -0.39 is 4.92 Å². The van der Waals surface area contributed by atoms with Gasteiger partial charge in [-0.25, -0.2) is 0 Å². The molecule has 2 aromatic carbocycles. The highest BCUT2D eigenvalue weighted by Gasteiger charge is 2.14. The van der Waals surface area contributed by atoms with Crippen molar-refractivity contribution >= 4 is 33.2 Å². The SMILES string of the molecule is Cc1cccc(Oc2cc(NC(=O)Cn3cc(Br)c(C)n3)cc([N+](=O)[O-])c2)c1. The number of halogens is 1. The van der Waals surface area contributed by atoms with E-state index >= 15 is 0 Å². The molecule has 1 aromatic heterocycles. The zero-order chi connectivity index (χ0) is 20.3. The first-order valence-corrected chi connectivity index (χ1v) is 9.13. The number of nitrogens with one attached hydrogen (secondary N) is 1. The quantitative estimate of drug-likeness (QED) is 0.442. The molecule has 1 heterocycles. The summed E-state index contributed by atoms with van der Waals surface area (Å²) < 4.78 is 8.01. The summed E-state index contributed by atoms with van der Waals surface area (Å²) in [5.74, 6) is 0.444. The zero-order valence-electron chi connectivity index (χ0n) is 15.2. The van der Waals surface area contributed by atoms with E-state index in [4.69, 9.17) is 4.74 Å². The van der Waals surface area contributed by atoms with Crippen LogP contribution in [0.5, 0.6) is 11.5 Å². The van der Waals surface area contributed by atoms with Gasteiger partial charge in [-0.05, 0) is 47.5 Å². The molecule has 0 saturated heterocycles. The summed E-state index contributed by atoms with van der Waals surface area (Å²) in [7, 11) is 0. The summed E-state index contributed by atoms with van der Waals surface area (Å²) in [5.41, 5.74) is 1.84. The lowest BCUT2D eigenvalue weighted by Gasteiger charge is -2.10. The molecule has 0 aliphatic heterocycles. The largest absolute Gasteiger partial charge is 0.457 e. The van der Waals surface area contributed by atoms with Gasteiger partial charge in [0.1, 0.15) is 18.0 Å². The molecule has 28 heavy (non-hydrogen) atoms. The third-order valence-corrected chi connectivity index (χ3v) is 4.58. The summed E-state index contributed by atoms with van der Waals surface area (Å²) in [4.78, 5) is 23.0. The minimum absolute atomic E-state index is 0.0246. The maximum absolute atomic E-state index is 12.3. The lowest BCUT2D eigenvalue weighted by Crippen LogP contribution is -2.19. The monoisotopic (exact) mass is 444 g/mol. The van der Waals surface area contributed by atoms with E-state index in [-0.39, 0.29) is 29.6 Å². The summed E-state index contributed by atoms with van der Waals surface area (Å²) >= 11 is 3.34. The van der Waals surface area contributed by atoms with Crippen LogP contribution in [0.4, 0.5) is 11.4 Å². The molecule has 9 heteroatoms. The number of aryl methyl sites for hydroxylation is 2. The van der Waals surface area contributed by atoms with E-state index in [0.29, 0.717) is 5.75 Å². The van der Waals surface area contributed by atoms with Gasteiger partial charge in [0, 0.05) is 18.3 Å². The molecule has 0 saturated carbocycles. The van der Waals surface area contributed by atoms with Crippen LogP contribution in [0, 0.1) is 24.0 Å². The molecule has 3 rings (SSSR count). The molecule has 0 aliphatic rings. The maximum atomic E-state index is 12.3. The zero-order valence-corrected chi connectivity index (χ0v) is 16.8. The Hall–Kier alpha value is -3.20. The van der Waals surface area contributed by atoms with Crippen molar-refractivity contribution in [1.29, 1.82) is 0 Å².